The van der Waals surface area contributed by atoms with Gasteiger partial charge in [0.1, 0.15) is 0 Å². The molecule has 3 nitrogen and oxygen atoms in total. The highest BCUT2D eigenvalue weighted by Crippen LogP contribution is 2.30. The van der Waals surface area contributed by atoms with Gasteiger partial charge in [0.15, 0.2) is 0 Å². The van der Waals surface area contributed by atoms with Crippen LogP contribution in [0.25, 0.3) is 0 Å². The van der Waals surface area contributed by atoms with Crippen LogP contribution in [0.2, 0.25) is 0 Å². The van der Waals surface area contributed by atoms with Crippen LogP contribution >= 0.6 is 0 Å². The van der Waals surface area contributed by atoms with Gasteiger partial charge >= 0.3 is 0 Å². The molecule has 2 fully saturated rings. The Kier molecular flexibility index (Phi) is 4.91. The van der Waals surface area contributed by atoms with E-state index < -0.39 is 0 Å². The molecule has 0 aromatic carbocycles. The zero-order valence-corrected chi connectivity index (χ0v) is 13.4. The standard InChI is InChI=1S/C16H32N2O/c1-12(2)8-14-9-17-13(3)10-18(14)11-15-6-7-16(4,5)19-15/h12-15,17H,6-11H2,1-5H3. The Hall–Kier alpha value is -0.120. The summed E-state index contributed by atoms with van der Waals surface area (Å²) in [6, 6.07) is 1.29. The predicted molar refractivity (Wildman–Crippen MR) is 80.5 cm³/mol. The normalized spacial score (nSPS) is 36.0. The molecular formula is C16H32N2O. The summed E-state index contributed by atoms with van der Waals surface area (Å²) in [7, 11) is 0. The third kappa shape index (κ3) is 4.44. The maximum Gasteiger partial charge on any atom is 0.0710 e. The Morgan fingerprint density at radius 2 is 2.11 bits per heavy atom. The van der Waals surface area contributed by atoms with Crippen LogP contribution in [0, 0.1) is 5.92 Å². The average Bonchev–Trinajstić information content (AvgIpc) is 2.61. The SMILES string of the molecule is CC(C)CC1CNC(C)CN1CC1CCC(C)(C)O1. The topological polar surface area (TPSA) is 24.5 Å². The minimum atomic E-state index is 0.0951. The van der Waals surface area contributed by atoms with E-state index >= 15 is 0 Å². The molecule has 0 spiro atoms. The van der Waals surface area contributed by atoms with Crippen molar-refractivity contribution in [3.8, 4) is 0 Å². The van der Waals surface area contributed by atoms with Gasteiger partial charge in [0.05, 0.1) is 11.7 Å². The van der Waals surface area contributed by atoms with E-state index in [1.165, 1.54) is 19.3 Å². The molecule has 3 heteroatoms. The van der Waals surface area contributed by atoms with Crippen LogP contribution in [0.1, 0.15) is 53.9 Å². The second-order valence-corrected chi connectivity index (χ2v) is 7.58. The molecule has 3 atom stereocenters. The maximum atomic E-state index is 6.18. The van der Waals surface area contributed by atoms with Gasteiger partial charge in [-0.1, -0.05) is 13.8 Å². The van der Waals surface area contributed by atoms with Crippen molar-refractivity contribution in [2.45, 2.75) is 77.7 Å². The molecule has 2 aliphatic heterocycles. The van der Waals surface area contributed by atoms with Gasteiger partial charge in [-0.05, 0) is 46.0 Å². The van der Waals surface area contributed by atoms with Crippen molar-refractivity contribution in [3.05, 3.63) is 0 Å². The van der Waals surface area contributed by atoms with Crippen molar-refractivity contribution in [1.29, 1.82) is 0 Å². The molecule has 0 radical (unpaired) electrons. The zero-order chi connectivity index (χ0) is 14.0. The first-order chi connectivity index (χ1) is 8.85. The molecule has 0 bridgehead atoms. The number of ether oxygens (including phenoxy) is 1. The van der Waals surface area contributed by atoms with Crippen LogP contribution in [0.4, 0.5) is 0 Å². The highest BCUT2D eigenvalue weighted by molar-refractivity contribution is 4.89. The Balaban J connectivity index is 1.90. The Bertz CT molecular complexity index is 290. The summed E-state index contributed by atoms with van der Waals surface area (Å²) < 4.78 is 6.18. The van der Waals surface area contributed by atoms with E-state index in [4.69, 9.17) is 4.74 Å². The monoisotopic (exact) mass is 268 g/mol. The number of rotatable bonds is 4. The highest BCUT2D eigenvalue weighted by Gasteiger charge is 2.35. The van der Waals surface area contributed by atoms with E-state index in [2.05, 4.69) is 44.8 Å². The summed E-state index contributed by atoms with van der Waals surface area (Å²) in [5.41, 5.74) is 0.0951. The number of hydrogen-bond donors (Lipinski definition) is 1. The minimum Gasteiger partial charge on any atom is -0.371 e. The molecular weight excluding hydrogens is 236 g/mol. The van der Waals surface area contributed by atoms with E-state index in [1.54, 1.807) is 0 Å². The number of hydrogen-bond acceptors (Lipinski definition) is 3. The molecule has 0 amide bonds. The van der Waals surface area contributed by atoms with E-state index in [-0.39, 0.29) is 5.60 Å². The number of nitrogens with zero attached hydrogens (tertiary/aromatic N) is 1. The van der Waals surface area contributed by atoms with E-state index in [9.17, 15) is 0 Å². The van der Waals surface area contributed by atoms with Crippen molar-refractivity contribution in [2.75, 3.05) is 19.6 Å². The first-order valence-electron chi connectivity index (χ1n) is 8.01. The lowest BCUT2D eigenvalue weighted by Gasteiger charge is -2.41. The smallest absolute Gasteiger partial charge is 0.0710 e. The molecule has 0 aliphatic carbocycles. The molecule has 19 heavy (non-hydrogen) atoms. The quantitative estimate of drug-likeness (QED) is 0.848. The molecule has 0 aromatic heterocycles. The lowest BCUT2D eigenvalue weighted by atomic mass is 9.98. The van der Waals surface area contributed by atoms with Gasteiger partial charge in [-0.2, -0.15) is 0 Å². The minimum absolute atomic E-state index is 0.0951. The van der Waals surface area contributed by atoms with E-state index in [0.29, 0.717) is 18.2 Å². The van der Waals surface area contributed by atoms with Crippen molar-refractivity contribution in [2.24, 2.45) is 5.92 Å². The molecule has 2 saturated heterocycles. The van der Waals surface area contributed by atoms with Crippen LogP contribution in [0.3, 0.4) is 0 Å². The van der Waals surface area contributed by atoms with Crippen molar-refractivity contribution >= 4 is 0 Å². The first-order valence-corrected chi connectivity index (χ1v) is 8.01. The fourth-order valence-electron chi connectivity index (χ4n) is 3.50. The van der Waals surface area contributed by atoms with Crippen LogP contribution in [0.5, 0.6) is 0 Å². The van der Waals surface area contributed by atoms with Gasteiger partial charge in [0.25, 0.3) is 0 Å². The summed E-state index contributed by atoms with van der Waals surface area (Å²) in [6.07, 6.45) is 4.15. The molecule has 2 rings (SSSR count). The second-order valence-electron chi connectivity index (χ2n) is 7.58. The van der Waals surface area contributed by atoms with Crippen LogP contribution in [-0.4, -0.2) is 48.3 Å². The highest BCUT2D eigenvalue weighted by atomic mass is 16.5. The predicted octanol–water partition coefficient (Wildman–Crippen LogP) is 2.65. The molecule has 0 aromatic rings. The summed E-state index contributed by atoms with van der Waals surface area (Å²) >= 11 is 0. The summed E-state index contributed by atoms with van der Waals surface area (Å²) in [6.45, 7) is 14.8. The van der Waals surface area contributed by atoms with Gasteiger partial charge in [0, 0.05) is 31.7 Å². The Morgan fingerprint density at radius 3 is 2.68 bits per heavy atom. The lowest BCUT2D eigenvalue weighted by molar-refractivity contribution is -0.0393. The zero-order valence-electron chi connectivity index (χ0n) is 13.4. The summed E-state index contributed by atoms with van der Waals surface area (Å²) in [4.78, 5) is 2.67. The summed E-state index contributed by atoms with van der Waals surface area (Å²) in [5, 5.41) is 3.63. The number of piperazine rings is 1. The molecule has 112 valence electrons. The van der Waals surface area contributed by atoms with Gasteiger partial charge in [-0.3, -0.25) is 4.90 Å². The molecule has 2 heterocycles. The fraction of sp³-hybridized carbons (Fsp3) is 1.00. The Morgan fingerprint density at radius 1 is 1.37 bits per heavy atom. The fourth-order valence-corrected chi connectivity index (χ4v) is 3.50. The summed E-state index contributed by atoms with van der Waals surface area (Å²) in [5.74, 6) is 0.767. The van der Waals surface area contributed by atoms with Crippen LogP contribution in [-0.2, 0) is 4.74 Å². The molecule has 0 saturated carbocycles. The molecule has 3 unspecified atom stereocenters. The number of nitrogens with one attached hydrogen (secondary N) is 1. The average molecular weight is 268 g/mol. The third-order valence-corrected chi connectivity index (χ3v) is 4.46. The van der Waals surface area contributed by atoms with Crippen LogP contribution in [0.15, 0.2) is 0 Å². The van der Waals surface area contributed by atoms with Crippen LogP contribution < -0.4 is 5.32 Å². The Labute approximate surface area is 119 Å². The van der Waals surface area contributed by atoms with Crippen molar-refractivity contribution in [3.63, 3.8) is 0 Å². The van der Waals surface area contributed by atoms with Gasteiger partial charge in [0.2, 0.25) is 0 Å². The van der Waals surface area contributed by atoms with Crippen molar-refractivity contribution in [1.82, 2.24) is 10.2 Å². The van der Waals surface area contributed by atoms with Crippen molar-refractivity contribution < 1.29 is 4.74 Å². The lowest BCUT2D eigenvalue weighted by Crippen LogP contribution is -2.57. The van der Waals surface area contributed by atoms with Gasteiger partial charge in [-0.25, -0.2) is 0 Å². The van der Waals surface area contributed by atoms with Gasteiger partial charge < -0.3 is 10.1 Å². The maximum absolute atomic E-state index is 6.18. The van der Waals surface area contributed by atoms with Gasteiger partial charge in [-0.15, -0.1) is 0 Å². The van der Waals surface area contributed by atoms with E-state index in [0.717, 1.165) is 25.6 Å². The first kappa shape index (κ1) is 15.3. The molecule has 2 aliphatic rings. The van der Waals surface area contributed by atoms with E-state index in [1.807, 2.05) is 0 Å². The largest absolute Gasteiger partial charge is 0.371 e. The molecule has 1 N–H and O–H groups in total. The third-order valence-electron chi connectivity index (χ3n) is 4.46. The second kappa shape index (κ2) is 6.11.